The smallest absolute Gasteiger partial charge is 0.241 e. The summed E-state index contributed by atoms with van der Waals surface area (Å²) in [5.74, 6) is 0.887. The van der Waals surface area contributed by atoms with E-state index in [4.69, 9.17) is 9.47 Å². The largest absolute Gasteiger partial charge is 0.495 e. The molecule has 7 heteroatoms. The second-order valence-electron chi connectivity index (χ2n) is 7.11. The zero-order chi connectivity index (χ0) is 19.2. The van der Waals surface area contributed by atoms with Gasteiger partial charge < -0.3 is 19.7 Å². The Kier molecular flexibility index (Phi) is 6.68. The van der Waals surface area contributed by atoms with E-state index in [2.05, 4.69) is 10.2 Å². The molecule has 1 aromatic carbocycles. The van der Waals surface area contributed by atoms with E-state index in [0.29, 0.717) is 37.7 Å². The van der Waals surface area contributed by atoms with Crippen LogP contribution in [0.25, 0.3) is 0 Å². The number of piperidine rings is 1. The summed E-state index contributed by atoms with van der Waals surface area (Å²) < 4.78 is 10.6. The molecule has 2 aliphatic heterocycles. The molecule has 27 heavy (non-hydrogen) atoms. The number of nitrogens with one attached hydrogen (secondary N) is 1. The third-order valence-electron chi connectivity index (χ3n) is 5.49. The van der Waals surface area contributed by atoms with Gasteiger partial charge in [0.1, 0.15) is 5.75 Å². The maximum Gasteiger partial charge on any atom is 0.241 e. The quantitative estimate of drug-likeness (QED) is 0.846. The van der Waals surface area contributed by atoms with Gasteiger partial charge in [-0.3, -0.25) is 14.5 Å². The lowest BCUT2D eigenvalue weighted by atomic mass is 9.94. The molecule has 1 N–H and O–H groups in total. The van der Waals surface area contributed by atoms with Crippen LogP contribution in [0, 0.1) is 5.92 Å². The van der Waals surface area contributed by atoms with E-state index in [9.17, 15) is 9.59 Å². The number of ether oxygens (including phenoxy) is 2. The highest BCUT2D eigenvalue weighted by Gasteiger charge is 2.32. The zero-order valence-corrected chi connectivity index (χ0v) is 16.1. The van der Waals surface area contributed by atoms with Crippen LogP contribution in [0.3, 0.4) is 0 Å². The first-order valence-electron chi connectivity index (χ1n) is 9.64. The molecular weight excluding hydrogens is 346 g/mol. The van der Waals surface area contributed by atoms with Crippen molar-refractivity contribution in [2.45, 2.75) is 25.8 Å². The van der Waals surface area contributed by atoms with E-state index < -0.39 is 0 Å². The number of hydrogen-bond acceptors (Lipinski definition) is 5. The maximum absolute atomic E-state index is 12.6. The number of benzene rings is 1. The molecule has 0 aromatic heterocycles. The van der Waals surface area contributed by atoms with Crippen LogP contribution in [-0.2, 0) is 14.3 Å². The first-order chi connectivity index (χ1) is 13.1. The number of para-hydroxylation sites is 2. The number of hydrogen-bond donors (Lipinski definition) is 1. The van der Waals surface area contributed by atoms with Crippen molar-refractivity contribution in [3.63, 3.8) is 0 Å². The maximum atomic E-state index is 12.6. The van der Waals surface area contributed by atoms with Gasteiger partial charge in [0, 0.05) is 19.0 Å². The highest BCUT2D eigenvalue weighted by Crippen LogP contribution is 2.25. The van der Waals surface area contributed by atoms with E-state index in [1.807, 2.05) is 36.1 Å². The number of morpholine rings is 1. The summed E-state index contributed by atoms with van der Waals surface area (Å²) in [4.78, 5) is 29.3. The van der Waals surface area contributed by atoms with Crippen LogP contribution < -0.4 is 10.1 Å². The number of likely N-dealkylation sites (tertiary alicyclic amines) is 1. The van der Waals surface area contributed by atoms with Gasteiger partial charge in [-0.2, -0.15) is 0 Å². The number of anilines is 1. The van der Waals surface area contributed by atoms with Crippen LogP contribution in [-0.4, -0.2) is 74.2 Å². The Balaban J connectivity index is 1.51. The Hall–Kier alpha value is -2.12. The fourth-order valence-electron chi connectivity index (χ4n) is 3.73. The van der Waals surface area contributed by atoms with Crippen LogP contribution in [0.15, 0.2) is 24.3 Å². The van der Waals surface area contributed by atoms with Crippen LogP contribution in [0.2, 0.25) is 0 Å². The topological polar surface area (TPSA) is 71.1 Å². The summed E-state index contributed by atoms with van der Waals surface area (Å²) in [6, 6.07) is 7.13. The van der Waals surface area contributed by atoms with Crippen molar-refractivity contribution in [3.05, 3.63) is 24.3 Å². The highest BCUT2D eigenvalue weighted by atomic mass is 16.5. The van der Waals surface area contributed by atoms with Gasteiger partial charge in [0.2, 0.25) is 11.8 Å². The average molecular weight is 375 g/mol. The van der Waals surface area contributed by atoms with E-state index in [1.54, 1.807) is 7.11 Å². The number of amides is 2. The molecule has 148 valence electrons. The third kappa shape index (κ3) is 4.78. The first kappa shape index (κ1) is 19.6. The zero-order valence-electron chi connectivity index (χ0n) is 16.1. The molecule has 1 atom stereocenters. The Labute approximate surface area is 160 Å². The SMILES string of the molecule is COc1ccccc1NC(=O)[C@H](C)N1CCC(C(=O)N2CCOCC2)CC1. The van der Waals surface area contributed by atoms with Gasteiger partial charge in [-0.05, 0) is 45.0 Å². The minimum Gasteiger partial charge on any atom is -0.495 e. The predicted octanol–water partition coefficient (Wildman–Crippen LogP) is 1.59. The Morgan fingerprint density at radius 3 is 2.48 bits per heavy atom. The predicted molar refractivity (Wildman–Crippen MR) is 103 cm³/mol. The van der Waals surface area contributed by atoms with Gasteiger partial charge in [0.15, 0.2) is 0 Å². The van der Waals surface area contributed by atoms with Gasteiger partial charge >= 0.3 is 0 Å². The number of carbonyl (C=O) groups excluding carboxylic acids is 2. The van der Waals surface area contributed by atoms with Gasteiger partial charge in [0.25, 0.3) is 0 Å². The summed E-state index contributed by atoms with van der Waals surface area (Å²) >= 11 is 0. The van der Waals surface area contributed by atoms with Crippen molar-refractivity contribution < 1.29 is 19.1 Å². The first-order valence-corrected chi connectivity index (χ1v) is 9.64. The number of carbonyl (C=O) groups is 2. The van der Waals surface area contributed by atoms with Gasteiger partial charge in [-0.15, -0.1) is 0 Å². The van der Waals surface area contributed by atoms with Crippen LogP contribution in [0.1, 0.15) is 19.8 Å². The van der Waals surface area contributed by atoms with Crippen molar-refractivity contribution >= 4 is 17.5 Å². The lowest BCUT2D eigenvalue weighted by Crippen LogP contribution is -2.50. The van der Waals surface area contributed by atoms with Crippen LogP contribution in [0.4, 0.5) is 5.69 Å². The lowest BCUT2D eigenvalue weighted by Gasteiger charge is -2.37. The minimum atomic E-state index is -0.255. The standard InChI is InChI=1S/C20H29N3O4/c1-15(19(24)21-17-5-3-4-6-18(17)26-2)22-9-7-16(8-10-22)20(25)23-11-13-27-14-12-23/h3-6,15-16H,7-14H2,1-2H3,(H,21,24)/t15-/m0/s1. The van der Waals surface area contributed by atoms with E-state index in [-0.39, 0.29) is 23.8 Å². The fourth-order valence-corrected chi connectivity index (χ4v) is 3.73. The molecule has 2 amide bonds. The molecule has 2 aliphatic rings. The summed E-state index contributed by atoms with van der Waals surface area (Å²) in [6.45, 7) is 6.06. The summed E-state index contributed by atoms with van der Waals surface area (Å²) in [7, 11) is 1.59. The van der Waals surface area contributed by atoms with Crippen LogP contribution in [0.5, 0.6) is 5.75 Å². The second kappa shape index (κ2) is 9.19. The molecule has 1 aromatic rings. The van der Waals surface area contributed by atoms with E-state index in [0.717, 1.165) is 25.9 Å². The van der Waals surface area contributed by atoms with Crippen molar-refractivity contribution in [2.24, 2.45) is 5.92 Å². The van der Waals surface area contributed by atoms with Crippen LogP contribution >= 0.6 is 0 Å². The Morgan fingerprint density at radius 2 is 1.81 bits per heavy atom. The van der Waals surface area contributed by atoms with Gasteiger partial charge in [-0.25, -0.2) is 0 Å². The van der Waals surface area contributed by atoms with Gasteiger partial charge in [0.05, 0.1) is 32.1 Å². The Bertz CT molecular complexity index is 652. The van der Waals surface area contributed by atoms with E-state index in [1.165, 1.54) is 0 Å². The number of methoxy groups -OCH3 is 1. The molecule has 2 fully saturated rings. The minimum absolute atomic E-state index is 0.0579. The summed E-state index contributed by atoms with van der Waals surface area (Å²) in [6.07, 6.45) is 1.59. The summed E-state index contributed by atoms with van der Waals surface area (Å²) in [5.41, 5.74) is 0.675. The highest BCUT2D eigenvalue weighted by molar-refractivity contribution is 5.95. The second-order valence-corrected chi connectivity index (χ2v) is 7.11. The molecule has 0 radical (unpaired) electrons. The average Bonchev–Trinajstić information content (AvgIpc) is 2.73. The molecule has 3 rings (SSSR count). The van der Waals surface area contributed by atoms with Gasteiger partial charge in [-0.1, -0.05) is 12.1 Å². The number of rotatable bonds is 5. The molecule has 2 saturated heterocycles. The van der Waals surface area contributed by atoms with E-state index >= 15 is 0 Å². The monoisotopic (exact) mass is 375 g/mol. The third-order valence-corrected chi connectivity index (χ3v) is 5.49. The molecule has 0 unspecified atom stereocenters. The molecule has 2 heterocycles. The van der Waals surface area contributed by atoms with Crippen molar-refractivity contribution in [1.29, 1.82) is 0 Å². The van der Waals surface area contributed by atoms with Crippen molar-refractivity contribution in [1.82, 2.24) is 9.80 Å². The van der Waals surface area contributed by atoms with Crippen molar-refractivity contribution in [2.75, 3.05) is 51.8 Å². The fraction of sp³-hybridized carbons (Fsp3) is 0.600. The summed E-state index contributed by atoms with van der Waals surface area (Å²) in [5, 5.41) is 2.95. The molecule has 0 saturated carbocycles. The molecule has 0 spiro atoms. The van der Waals surface area contributed by atoms with Crippen molar-refractivity contribution in [3.8, 4) is 5.75 Å². The molecule has 0 bridgehead atoms. The normalized spacial score (nSPS) is 20.1. The lowest BCUT2D eigenvalue weighted by molar-refractivity contribution is -0.141. The molecule has 7 nitrogen and oxygen atoms in total. The number of nitrogens with zero attached hydrogens (tertiary/aromatic N) is 2. The molecule has 0 aliphatic carbocycles. The Morgan fingerprint density at radius 1 is 1.15 bits per heavy atom. The molecular formula is C20H29N3O4.